The van der Waals surface area contributed by atoms with Gasteiger partial charge in [-0.05, 0) is 97.6 Å². The summed E-state index contributed by atoms with van der Waals surface area (Å²) in [6.07, 6.45) is 9.73. The predicted molar refractivity (Wildman–Crippen MR) is 137 cm³/mol. The van der Waals surface area contributed by atoms with Crippen molar-refractivity contribution in [2.24, 2.45) is 29.1 Å². The Labute approximate surface area is 205 Å². The van der Waals surface area contributed by atoms with Crippen molar-refractivity contribution in [3.63, 3.8) is 0 Å². The van der Waals surface area contributed by atoms with Gasteiger partial charge in [-0.2, -0.15) is 0 Å². The Morgan fingerprint density at radius 2 is 1.82 bits per heavy atom. The van der Waals surface area contributed by atoms with Gasteiger partial charge in [-0.25, -0.2) is 4.79 Å². The molecular formula is C27H35NO3S2. The zero-order chi connectivity index (χ0) is 22.8. The quantitative estimate of drug-likeness (QED) is 0.413. The average molecular weight is 486 g/mol. The molecule has 1 aromatic rings. The minimum absolute atomic E-state index is 0.00190. The lowest BCUT2D eigenvalue weighted by atomic mass is 9.48. The topological polar surface area (TPSA) is 69.6 Å². The highest BCUT2D eigenvalue weighted by Gasteiger charge is 2.59. The first-order valence-corrected chi connectivity index (χ1v) is 14.6. The van der Waals surface area contributed by atoms with Crippen molar-refractivity contribution in [3.05, 3.63) is 41.5 Å². The molecular weight excluding hydrogens is 450 g/mol. The van der Waals surface area contributed by atoms with Gasteiger partial charge >= 0.3 is 6.09 Å². The monoisotopic (exact) mass is 485 g/mol. The van der Waals surface area contributed by atoms with Crippen LogP contribution in [-0.4, -0.2) is 38.0 Å². The molecule has 5 aliphatic rings. The van der Waals surface area contributed by atoms with E-state index in [-0.39, 0.29) is 11.5 Å². The third kappa shape index (κ3) is 3.66. The molecule has 1 aliphatic heterocycles. The zero-order valence-electron chi connectivity index (χ0n) is 19.3. The number of aliphatic hydroxyl groups excluding tert-OH is 1. The van der Waals surface area contributed by atoms with Crippen LogP contribution in [0.3, 0.4) is 0 Å². The van der Waals surface area contributed by atoms with E-state index in [9.17, 15) is 9.90 Å². The van der Waals surface area contributed by atoms with Gasteiger partial charge in [0.15, 0.2) is 0 Å². The summed E-state index contributed by atoms with van der Waals surface area (Å²) in [6.45, 7) is 2.35. The summed E-state index contributed by atoms with van der Waals surface area (Å²) in [5.74, 6) is 5.61. The summed E-state index contributed by atoms with van der Waals surface area (Å²) in [5, 5.41) is 22.6. The van der Waals surface area contributed by atoms with Gasteiger partial charge in [0, 0.05) is 17.2 Å². The molecule has 1 saturated heterocycles. The molecule has 4 aliphatic carbocycles. The fraction of sp³-hybridized carbons (Fsp3) is 0.667. The molecule has 33 heavy (non-hydrogen) atoms. The molecule has 178 valence electrons. The number of anilines is 1. The maximum Gasteiger partial charge on any atom is 0.409 e. The smallest absolute Gasteiger partial charge is 0.409 e. The molecule has 1 unspecified atom stereocenters. The number of carbonyl (C=O) groups is 1. The van der Waals surface area contributed by atoms with Crippen molar-refractivity contribution in [2.45, 2.75) is 68.0 Å². The number of aliphatic hydroxyl groups is 1. The van der Waals surface area contributed by atoms with Gasteiger partial charge in [-0.15, -0.1) is 23.5 Å². The first-order valence-electron chi connectivity index (χ1n) is 12.7. The molecule has 3 saturated carbocycles. The summed E-state index contributed by atoms with van der Waals surface area (Å²) >= 11 is 4.34. The van der Waals surface area contributed by atoms with Crippen LogP contribution in [0.2, 0.25) is 0 Å². The lowest BCUT2D eigenvalue weighted by Crippen LogP contribution is -2.51. The SMILES string of the molecule is C[C@]12C[C@H](c3ccc(NC(=O)O)cc3)[C@H]3[C@@H](CCC4=CC5(CC[C@@H]43)SCCS5)[C@@H]1CCC2O. The Balaban J connectivity index is 1.37. The summed E-state index contributed by atoms with van der Waals surface area (Å²) in [7, 11) is 0. The molecule has 3 N–H and O–H groups in total. The van der Waals surface area contributed by atoms with Gasteiger partial charge in [0.2, 0.25) is 0 Å². The Kier molecular flexibility index (Phi) is 5.58. The number of benzene rings is 1. The van der Waals surface area contributed by atoms with Crippen LogP contribution in [-0.2, 0) is 0 Å². The maximum absolute atomic E-state index is 11.1. The first-order chi connectivity index (χ1) is 15.9. The van der Waals surface area contributed by atoms with E-state index < -0.39 is 6.09 Å². The highest BCUT2D eigenvalue weighted by Crippen LogP contribution is 2.67. The summed E-state index contributed by atoms with van der Waals surface area (Å²) in [4.78, 5) is 11.1. The predicted octanol–water partition coefficient (Wildman–Crippen LogP) is 6.58. The number of allylic oxidation sites excluding steroid dienone is 1. The second-order valence-electron chi connectivity index (χ2n) is 11.2. The van der Waals surface area contributed by atoms with Gasteiger partial charge in [-0.1, -0.05) is 30.7 Å². The number of rotatable bonds is 2. The Bertz CT molecular complexity index is 957. The van der Waals surface area contributed by atoms with E-state index in [4.69, 9.17) is 5.11 Å². The second-order valence-corrected chi connectivity index (χ2v) is 14.3. The van der Waals surface area contributed by atoms with Crippen molar-refractivity contribution in [1.29, 1.82) is 0 Å². The van der Waals surface area contributed by atoms with E-state index in [0.717, 1.165) is 12.8 Å². The molecule has 0 aromatic heterocycles. The molecule has 1 amide bonds. The molecule has 0 bridgehead atoms. The Morgan fingerprint density at radius 3 is 2.55 bits per heavy atom. The number of hydrogen-bond donors (Lipinski definition) is 3. The summed E-state index contributed by atoms with van der Waals surface area (Å²) in [5.41, 5.74) is 3.67. The van der Waals surface area contributed by atoms with E-state index in [1.807, 2.05) is 12.1 Å². The maximum atomic E-state index is 11.1. The molecule has 1 heterocycles. The number of nitrogens with one attached hydrogen (secondary N) is 1. The molecule has 4 fully saturated rings. The van der Waals surface area contributed by atoms with Crippen LogP contribution in [0.1, 0.15) is 63.4 Å². The number of thioether (sulfide) groups is 2. The summed E-state index contributed by atoms with van der Waals surface area (Å²) < 4.78 is 0.338. The zero-order valence-corrected chi connectivity index (χ0v) is 21.0. The lowest BCUT2D eigenvalue weighted by molar-refractivity contribution is -0.0659. The van der Waals surface area contributed by atoms with Crippen molar-refractivity contribution < 1.29 is 15.0 Å². The van der Waals surface area contributed by atoms with Crippen LogP contribution in [0.4, 0.5) is 10.5 Å². The molecule has 6 heteroatoms. The van der Waals surface area contributed by atoms with E-state index in [2.05, 4.69) is 54.0 Å². The standard InChI is InChI=1S/C27H35NO3S2/c1-26-15-21(16-2-5-18(6-3-16)28-25(30)31)24-19-10-11-27(32-12-13-33-27)14-17(19)4-7-20(24)22(26)8-9-23(26)29/h2-3,5-6,14,19-24,28-29H,4,7-13,15H2,1H3,(H,30,31)/t19-,20-,21+,22-,23?,24+,26-/m0/s1. The van der Waals surface area contributed by atoms with E-state index in [0.29, 0.717) is 39.4 Å². The van der Waals surface area contributed by atoms with Crippen LogP contribution < -0.4 is 5.32 Å². The van der Waals surface area contributed by atoms with Crippen LogP contribution in [0.5, 0.6) is 0 Å². The fourth-order valence-corrected chi connectivity index (χ4v) is 11.6. The first kappa shape index (κ1) is 22.4. The van der Waals surface area contributed by atoms with Crippen molar-refractivity contribution in [3.8, 4) is 0 Å². The second kappa shape index (κ2) is 8.23. The van der Waals surface area contributed by atoms with Crippen LogP contribution >= 0.6 is 23.5 Å². The van der Waals surface area contributed by atoms with E-state index in [1.54, 1.807) is 5.57 Å². The number of carboxylic acid groups (broad SMARTS) is 1. The van der Waals surface area contributed by atoms with Crippen molar-refractivity contribution in [2.75, 3.05) is 16.8 Å². The average Bonchev–Trinajstić information content (AvgIpc) is 3.37. The minimum Gasteiger partial charge on any atom is -0.465 e. The molecule has 7 atom stereocenters. The highest BCUT2D eigenvalue weighted by atomic mass is 32.2. The summed E-state index contributed by atoms with van der Waals surface area (Å²) in [6, 6.07) is 8.12. The van der Waals surface area contributed by atoms with Crippen LogP contribution in [0, 0.1) is 29.1 Å². The van der Waals surface area contributed by atoms with Crippen molar-refractivity contribution >= 4 is 35.3 Å². The van der Waals surface area contributed by atoms with Gasteiger partial charge in [0.05, 0.1) is 10.2 Å². The van der Waals surface area contributed by atoms with Gasteiger partial charge in [-0.3, -0.25) is 5.32 Å². The van der Waals surface area contributed by atoms with Crippen molar-refractivity contribution in [1.82, 2.24) is 0 Å². The Morgan fingerprint density at radius 1 is 1.06 bits per heavy atom. The number of fused-ring (bicyclic) bond motifs is 5. The highest BCUT2D eigenvalue weighted by molar-refractivity contribution is 8.21. The number of amides is 1. The third-order valence-electron chi connectivity index (χ3n) is 9.78. The third-order valence-corrected chi connectivity index (χ3v) is 13.2. The lowest BCUT2D eigenvalue weighted by Gasteiger charge is -2.57. The molecule has 1 spiro atoms. The van der Waals surface area contributed by atoms with Crippen LogP contribution in [0.15, 0.2) is 35.9 Å². The van der Waals surface area contributed by atoms with E-state index >= 15 is 0 Å². The van der Waals surface area contributed by atoms with Crippen LogP contribution in [0.25, 0.3) is 0 Å². The molecule has 0 radical (unpaired) electrons. The number of hydrogen-bond acceptors (Lipinski definition) is 4. The molecule has 6 rings (SSSR count). The van der Waals surface area contributed by atoms with Gasteiger partial charge in [0.25, 0.3) is 0 Å². The van der Waals surface area contributed by atoms with Gasteiger partial charge in [0.1, 0.15) is 0 Å². The van der Waals surface area contributed by atoms with Gasteiger partial charge < -0.3 is 10.2 Å². The molecule has 1 aromatic carbocycles. The Hall–Kier alpha value is -1.11. The normalized spacial score (nSPS) is 41.1. The van der Waals surface area contributed by atoms with E-state index in [1.165, 1.54) is 49.2 Å². The fourth-order valence-electron chi connectivity index (χ4n) is 8.39. The largest absolute Gasteiger partial charge is 0.465 e. The molecule has 4 nitrogen and oxygen atoms in total. The minimum atomic E-state index is -1.02.